The molecule has 0 unspecified atom stereocenters. The third kappa shape index (κ3) is 4.88. The van der Waals surface area contributed by atoms with E-state index < -0.39 is 5.91 Å². The molecule has 1 heterocycles. The van der Waals surface area contributed by atoms with Crippen LogP contribution >= 0.6 is 11.6 Å². The van der Waals surface area contributed by atoms with E-state index in [0.717, 1.165) is 0 Å². The number of hydrogen-bond donors (Lipinski definition) is 1. The second kappa shape index (κ2) is 9.16. The number of ether oxygens (including phenoxy) is 3. The maximum absolute atomic E-state index is 12.1. The Labute approximate surface area is 145 Å². The molecule has 1 aromatic rings. The van der Waals surface area contributed by atoms with E-state index in [1.807, 2.05) is 13.0 Å². The lowest BCUT2D eigenvalue weighted by Gasteiger charge is -2.19. The fourth-order valence-corrected chi connectivity index (χ4v) is 2.42. The first kappa shape index (κ1) is 18.1. The van der Waals surface area contributed by atoms with Crippen molar-refractivity contribution in [3.63, 3.8) is 0 Å². The first-order chi connectivity index (χ1) is 11.7. The monoisotopic (exact) mass is 350 g/mol. The quantitative estimate of drug-likeness (QED) is 0.464. The number of rotatable bonds is 7. The van der Waals surface area contributed by atoms with Gasteiger partial charge in [0, 0.05) is 19.8 Å². The van der Waals surface area contributed by atoms with Crippen molar-refractivity contribution in [1.29, 1.82) is 5.26 Å². The molecule has 1 aromatic carbocycles. The Morgan fingerprint density at radius 3 is 3.00 bits per heavy atom. The second-order valence-electron chi connectivity index (χ2n) is 5.00. The van der Waals surface area contributed by atoms with Crippen molar-refractivity contribution in [2.75, 3.05) is 33.0 Å². The zero-order valence-electron chi connectivity index (χ0n) is 13.4. The number of hydrogen-bond acceptors (Lipinski definition) is 5. The maximum Gasteiger partial charge on any atom is 0.261 e. The standard InChI is InChI=1S/C17H19ClN2O4/c1-2-22-5-3-4-20-17(21)13(11-19)8-12-9-14(18)16-15(10-12)23-6-7-24-16/h8-10H,2-7H2,1H3,(H,20,21). The average molecular weight is 351 g/mol. The van der Waals surface area contributed by atoms with E-state index in [1.165, 1.54) is 6.08 Å². The Morgan fingerprint density at radius 1 is 1.46 bits per heavy atom. The topological polar surface area (TPSA) is 80.6 Å². The zero-order chi connectivity index (χ0) is 17.4. The van der Waals surface area contributed by atoms with Crippen molar-refractivity contribution >= 4 is 23.6 Å². The molecule has 2 rings (SSSR count). The molecular formula is C17H19ClN2O4. The SMILES string of the molecule is CCOCCCNC(=O)C(C#N)=Cc1cc(Cl)c2c(c1)OCCO2. The molecular weight excluding hydrogens is 332 g/mol. The van der Waals surface area contributed by atoms with Crippen molar-refractivity contribution in [3.05, 3.63) is 28.3 Å². The summed E-state index contributed by atoms with van der Waals surface area (Å²) in [5, 5.41) is 12.3. The lowest BCUT2D eigenvalue weighted by atomic mass is 10.1. The number of fused-ring (bicyclic) bond motifs is 1. The van der Waals surface area contributed by atoms with Gasteiger partial charge >= 0.3 is 0 Å². The minimum absolute atomic E-state index is 0.000783. The van der Waals surface area contributed by atoms with E-state index in [9.17, 15) is 10.1 Å². The molecule has 0 saturated heterocycles. The summed E-state index contributed by atoms with van der Waals surface area (Å²) in [5.41, 5.74) is 0.601. The number of nitriles is 1. The number of nitrogens with one attached hydrogen (secondary N) is 1. The normalized spacial score (nSPS) is 13.3. The first-order valence-electron chi connectivity index (χ1n) is 7.72. The summed E-state index contributed by atoms with van der Waals surface area (Å²) in [6.45, 7) is 4.44. The minimum atomic E-state index is -0.431. The Balaban J connectivity index is 2.06. The van der Waals surface area contributed by atoms with Gasteiger partial charge in [-0.25, -0.2) is 0 Å². The van der Waals surface area contributed by atoms with Gasteiger partial charge in [0.2, 0.25) is 0 Å². The van der Waals surface area contributed by atoms with E-state index in [2.05, 4.69) is 5.32 Å². The Bertz CT molecular complexity index is 667. The van der Waals surface area contributed by atoms with Crippen molar-refractivity contribution < 1.29 is 19.0 Å². The minimum Gasteiger partial charge on any atom is -0.486 e. The number of benzene rings is 1. The molecule has 7 heteroatoms. The number of amides is 1. The molecule has 0 radical (unpaired) electrons. The van der Waals surface area contributed by atoms with E-state index in [-0.39, 0.29) is 5.57 Å². The van der Waals surface area contributed by atoms with Crippen LogP contribution in [0.2, 0.25) is 5.02 Å². The smallest absolute Gasteiger partial charge is 0.261 e. The van der Waals surface area contributed by atoms with Crippen molar-refractivity contribution in [2.24, 2.45) is 0 Å². The summed E-state index contributed by atoms with van der Waals surface area (Å²) in [4.78, 5) is 12.1. The summed E-state index contributed by atoms with van der Waals surface area (Å²) in [6.07, 6.45) is 2.16. The summed E-state index contributed by atoms with van der Waals surface area (Å²) < 4.78 is 16.1. The van der Waals surface area contributed by atoms with Crippen LogP contribution in [0.4, 0.5) is 0 Å². The summed E-state index contributed by atoms with van der Waals surface area (Å²) >= 11 is 6.15. The summed E-state index contributed by atoms with van der Waals surface area (Å²) in [6, 6.07) is 5.23. The molecule has 0 saturated carbocycles. The maximum atomic E-state index is 12.1. The van der Waals surface area contributed by atoms with Crippen LogP contribution in [0.15, 0.2) is 17.7 Å². The third-order valence-electron chi connectivity index (χ3n) is 3.25. The Kier molecular flexibility index (Phi) is 6.91. The fourth-order valence-electron chi connectivity index (χ4n) is 2.15. The molecule has 24 heavy (non-hydrogen) atoms. The Hall–Kier alpha value is -2.23. The van der Waals surface area contributed by atoms with Gasteiger partial charge in [-0.3, -0.25) is 4.79 Å². The van der Waals surface area contributed by atoms with E-state index in [0.29, 0.717) is 61.5 Å². The molecule has 128 valence electrons. The summed E-state index contributed by atoms with van der Waals surface area (Å²) in [5.74, 6) is 0.563. The molecule has 0 aromatic heterocycles. The molecule has 1 amide bonds. The van der Waals surface area contributed by atoms with Crippen molar-refractivity contribution in [3.8, 4) is 17.6 Å². The molecule has 6 nitrogen and oxygen atoms in total. The number of carbonyl (C=O) groups is 1. The van der Waals surface area contributed by atoms with Crippen LogP contribution in [-0.4, -0.2) is 38.9 Å². The summed E-state index contributed by atoms with van der Waals surface area (Å²) in [7, 11) is 0. The highest BCUT2D eigenvalue weighted by Gasteiger charge is 2.17. The van der Waals surface area contributed by atoms with Gasteiger partial charge in [0.1, 0.15) is 24.9 Å². The van der Waals surface area contributed by atoms with Gasteiger partial charge in [-0.05, 0) is 37.1 Å². The molecule has 1 aliphatic heterocycles. The number of halogens is 1. The number of nitrogens with zero attached hydrogens (tertiary/aromatic N) is 1. The van der Waals surface area contributed by atoms with E-state index in [1.54, 1.807) is 12.1 Å². The van der Waals surface area contributed by atoms with Gasteiger partial charge in [-0.2, -0.15) is 5.26 Å². The highest BCUT2D eigenvalue weighted by atomic mass is 35.5. The second-order valence-corrected chi connectivity index (χ2v) is 5.41. The zero-order valence-corrected chi connectivity index (χ0v) is 14.2. The van der Waals surface area contributed by atoms with Crippen LogP contribution in [0, 0.1) is 11.3 Å². The third-order valence-corrected chi connectivity index (χ3v) is 3.53. The molecule has 0 fully saturated rings. The van der Waals surface area contributed by atoms with Crippen LogP contribution < -0.4 is 14.8 Å². The molecule has 1 N–H and O–H groups in total. The van der Waals surface area contributed by atoms with Gasteiger partial charge in [0.15, 0.2) is 11.5 Å². The van der Waals surface area contributed by atoms with Gasteiger partial charge in [0.05, 0.1) is 5.02 Å². The van der Waals surface area contributed by atoms with E-state index >= 15 is 0 Å². The predicted molar refractivity (Wildman–Crippen MR) is 90.2 cm³/mol. The van der Waals surface area contributed by atoms with Crippen molar-refractivity contribution in [1.82, 2.24) is 5.32 Å². The van der Waals surface area contributed by atoms with E-state index in [4.69, 9.17) is 25.8 Å². The van der Waals surface area contributed by atoms with Crippen LogP contribution in [0.1, 0.15) is 18.9 Å². The van der Waals surface area contributed by atoms with Gasteiger partial charge in [0.25, 0.3) is 5.91 Å². The fraction of sp³-hybridized carbons (Fsp3) is 0.412. The highest BCUT2D eigenvalue weighted by Crippen LogP contribution is 2.38. The van der Waals surface area contributed by atoms with Crippen LogP contribution in [0.3, 0.4) is 0 Å². The van der Waals surface area contributed by atoms with Crippen LogP contribution in [0.25, 0.3) is 6.08 Å². The molecule has 0 aliphatic carbocycles. The van der Waals surface area contributed by atoms with Crippen molar-refractivity contribution in [2.45, 2.75) is 13.3 Å². The van der Waals surface area contributed by atoms with Gasteiger partial charge in [-0.15, -0.1) is 0 Å². The van der Waals surface area contributed by atoms with Gasteiger partial charge < -0.3 is 19.5 Å². The average Bonchev–Trinajstić information content (AvgIpc) is 2.59. The number of carbonyl (C=O) groups excluding carboxylic acids is 1. The van der Waals surface area contributed by atoms with Crippen LogP contribution in [-0.2, 0) is 9.53 Å². The van der Waals surface area contributed by atoms with Gasteiger partial charge in [-0.1, -0.05) is 11.6 Å². The molecule has 0 atom stereocenters. The lowest BCUT2D eigenvalue weighted by Crippen LogP contribution is -2.26. The lowest BCUT2D eigenvalue weighted by molar-refractivity contribution is -0.117. The molecule has 0 bridgehead atoms. The van der Waals surface area contributed by atoms with Crippen LogP contribution in [0.5, 0.6) is 11.5 Å². The predicted octanol–water partition coefficient (Wildman–Crippen LogP) is 2.56. The molecule has 0 spiro atoms. The first-order valence-corrected chi connectivity index (χ1v) is 8.10. The molecule has 1 aliphatic rings. The Morgan fingerprint density at radius 2 is 2.25 bits per heavy atom. The highest BCUT2D eigenvalue weighted by molar-refractivity contribution is 6.32. The largest absolute Gasteiger partial charge is 0.486 e.